The summed E-state index contributed by atoms with van der Waals surface area (Å²) in [6.45, 7) is 0. The highest BCUT2D eigenvalue weighted by Gasteiger charge is 2.18. The average Bonchev–Trinajstić information content (AvgIpc) is 2.51. The summed E-state index contributed by atoms with van der Waals surface area (Å²) in [7, 11) is 1.34. The van der Waals surface area contributed by atoms with Gasteiger partial charge >= 0.3 is 11.9 Å². The Morgan fingerprint density at radius 1 is 0.917 bits per heavy atom. The second-order valence-corrected chi connectivity index (χ2v) is 5.62. The number of hydrogen-bond acceptors (Lipinski definition) is 4. The lowest BCUT2D eigenvalue weighted by molar-refractivity contribution is 0.0681. The number of pyridine rings is 1. The number of methoxy groups -OCH3 is 1. The van der Waals surface area contributed by atoms with Crippen molar-refractivity contribution in [1.82, 2.24) is 4.98 Å². The van der Waals surface area contributed by atoms with Gasteiger partial charge in [0.1, 0.15) is 10.7 Å². The first-order valence-corrected chi connectivity index (χ1v) is 7.50. The van der Waals surface area contributed by atoms with Crippen LogP contribution in [0.2, 0.25) is 20.2 Å². The van der Waals surface area contributed by atoms with Crippen LogP contribution in [-0.4, -0.2) is 34.2 Å². The number of carbonyl (C=O) groups is 2. The topological polar surface area (TPSA) is 96.7 Å². The maximum atomic E-state index is 10.7. The van der Waals surface area contributed by atoms with E-state index in [1.807, 2.05) is 0 Å². The third-order valence-corrected chi connectivity index (χ3v) is 3.62. The highest BCUT2D eigenvalue weighted by molar-refractivity contribution is 6.37. The maximum absolute atomic E-state index is 10.7. The van der Waals surface area contributed by atoms with Crippen molar-refractivity contribution < 1.29 is 24.5 Å². The molecule has 0 aliphatic heterocycles. The fraction of sp³-hybridized carbons (Fsp3) is 0.0714. The lowest BCUT2D eigenvalue weighted by atomic mass is 10.2. The van der Waals surface area contributed by atoms with Gasteiger partial charge in [-0.05, 0) is 24.3 Å². The molecule has 0 aliphatic rings. The molecular formula is C14H9Cl4NO5. The Morgan fingerprint density at radius 3 is 1.88 bits per heavy atom. The molecule has 2 N–H and O–H groups in total. The Balaban J connectivity index is 0.000000243. The standard InChI is InChI=1S/C8H6Cl2O3.C6H3Cl2NO2/c1-13-7-5(10)3-2-4(9)6(7)8(11)12;7-3-1-2-4(8)9-5(3)6(10)11/h2-3H,1H3,(H,11,12);1-2H,(H,10,11). The van der Waals surface area contributed by atoms with Crippen LogP contribution < -0.4 is 4.74 Å². The van der Waals surface area contributed by atoms with E-state index in [9.17, 15) is 9.59 Å². The molecule has 0 bridgehead atoms. The zero-order valence-electron chi connectivity index (χ0n) is 11.9. The van der Waals surface area contributed by atoms with E-state index in [4.69, 9.17) is 61.4 Å². The van der Waals surface area contributed by atoms with E-state index in [0.717, 1.165) is 0 Å². The predicted octanol–water partition coefficient (Wildman–Crippen LogP) is 4.79. The van der Waals surface area contributed by atoms with E-state index >= 15 is 0 Å². The van der Waals surface area contributed by atoms with Gasteiger partial charge in [0.05, 0.1) is 22.2 Å². The van der Waals surface area contributed by atoms with Gasteiger partial charge in [-0.25, -0.2) is 14.6 Å². The molecule has 0 aliphatic carbocycles. The second-order valence-electron chi connectivity index (χ2n) is 4.01. The minimum absolute atomic E-state index is 0.0849. The molecular weight excluding hydrogens is 404 g/mol. The molecule has 0 atom stereocenters. The van der Waals surface area contributed by atoms with Crippen LogP contribution in [0, 0.1) is 0 Å². The Hall–Kier alpha value is -1.73. The fourth-order valence-electron chi connectivity index (χ4n) is 1.50. The summed E-state index contributed by atoms with van der Waals surface area (Å²) in [5.74, 6) is -2.26. The van der Waals surface area contributed by atoms with E-state index in [1.54, 1.807) is 0 Å². The molecule has 1 aromatic heterocycles. The summed E-state index contributed by atoms with van der Waals surface area (Å²) >= 11 is 22.3. The second kappa shape index (κ2) is 8.94. The van der Waals surface area contributed by atoms with Gasteiger partial charge in [-0.2, -0.15) is 0 Å². The minimum Gasteiger partial charge on any atom is -0.494 e. The number of hydrogen-bond donors (Lipinski definition) is 2. The van der Waals surface area contributed by atoms with Gasteiger partial charge in [-0.15, -0.1) is 0 Å². The number of nitrogens with zero attached hydrogens (tertiary/aromatic N) is 1. The maximum Gasteiger partial charge on any atom is 0.356 e. The first-order valence-electron chi connectivity index (χ1n) is 5.99. The first-order chi connectivity index (χ1) is 11.2. The van der Waals surface area contributed by atoms with Crippen LogP contribution in [-0.2, 0) is 0 Å². The van der Waals surface area contributed by atoms with E-state index in [0.29, 0.717) is 0 Å². The number of ether oxygens (including phenoxy) is 1. The Bertz CT molecular complexity index is 782. The number of carboxylic acid groups (broad SMARTS) is 2. The molecule has 0 saturated heterocycles. The van der Waals surface area contributed by atoms with Gasteiger partial charge in [0.2, 0.25) is 0 Å². The van der Waals surface area contributed by atoms with Gasteiger partial charge in [-0.1, -0.05) is 46.4 Å². The molecule has 0 spiro atoms. The van der Waals surface area contributed by atoms with Crippen LogP contribution in [0.3, 0.4) is 0 Å². The van der Waals surface area contributed by atoms with Gasteiger partial charge < -0.3 is 14.9 Å². The zero-order valence-corrected chi connectivity index (χ0v) is 14.9. The number of carboxylic acids is 2. The molecule has 2 rings (SSSR count). The normalized spacial score (nSPS) is 9.71. The fourth-order valence-corrected chi connectivity index (χ4v) is 2.30. The molecule has 1 aromatic carbocycles. The van der Waals surface area contributed by atoms with Crippen molar-refractivity contribution in [2.24, 2.45) is 0 Å². The lowest BCUT2D eigenvalue weighted by Crippen LogP contribution is -2.01. The molecule has 0 unspecified atom stereocenters. The molecule has 1 heterocycles. The molecule has 0 fully saturated rings. The van der Waals surface area contributed by atoms with E-state index in [1.165, 1.54) is 31.4 Å². The molecule has 2 aromatic rings. The minimum atomic E-state index is -1.18. The summed E-state index contributed by atoms with van der Waals surface area (Å²) < 4.78 is 4.82. The lowest BCUT2D eigenvalue weighted by Gasteiger charge is -2.07. The van der Waals surface area contributed by atoms with Crippen LogP contribution in [0.15, 0.2) is 24.3 Å². The number of aromatic carboxylic acids is 2. The smallest absolute Gasteiger partial charge is 0.356 e. The number of halogens is 4. The van der Waals surface area contributed by atoms with Crippen LogP contribution in [0.25, 0.3) is 0 Å². The van der Waals surface area contributed by atoms with Crippen molar-refractivity contribution in [3.05, 3.63) is 55.7 Å². The number of aromatic nitrogens is 1. The van der Waals surface area contributed by atoms with Crippen molar-refractivity contribution in [3.63, 3.8) is 0 Å². The summed E-state index contributed by atoms with van der Waals surface area (Å²) in [5, 5.41) is 17.8. The van der Waals surface area contributed by atoms with Crippen molar-refractivity contribution in [3.8, 4) is 5.75 Å². The Morgan fingerprint density at radius 2 is 1.46 bits per heavy atom. The van der Waals surface area contributed by atoms with Gasteiger partial charge in [0.25, 0.3) is 0 Å². The Labute approximate surface area is 156 Å². The average molecular weight is 413 g/mol. The van der Waals surface area contributed by atoms with Crippen molar-refractivity contribution in [2.45, 2.75) is 0 Å². The van der Waals surface area contributed by atoms with Crippen molar-refractivity contribution in [1.29, 1.82) is 0 Å². The Kier molecular flexibility index (Phi) is 7.57. The molecule has 0 saturated carbocycles. The SMILES string of the molecule is COc1c(Cl)ccc(Cl)c1C(=O)O.O=C(O)c1nc(Cl)ccc1Cl. The summed E-state index contributed by atoms with van der Waals surface area (Å²) in [6.07, 6.45) is 0. The van der Waals surface area contributed by atoms with E-state index < -0.39 is 11.9 Å². The van der Waals surface area contributed by atoms with Gasteiger partial charge in [0.15, 0.2) is 11.4 Å². The molecule has 0 radical (unpaired) electrons. The monoisotopic (exact) mass is 411 g/mol. The van der Waals surface area contributed by atoms with Gasteiger partial charge in [-0.3, -0.25) is 0 Å². The van der Waals surface area contributed by atoms with Crippen LogP contribution >= 0.6 is 46.4 Å². The third-order valence-electron chi connectivity index (χ3n) is 2.49. The summed E-state index contributed by atoms with van der Waals surface area (Å²) in [6, 6.07) is 5.71. The van der Waals surface area contributed by atoms with E-state index in [-0.39, 0.29) is 37.2 Å². The molecule has 128 valence electrons. The first kappa shape index (κ1) is 20.3. The van der Waals surface area contributed by atoms with Crippen LogP contribution in [0.5, 0.6) is 5.75 Å². The molecule has 0 amide bonds. The third kappa shape index (κ3) is 5.14. The quantitative estimate of drug-likeness (QED) is 0.703. The van der Waals surface area contributed by atoms with Crippen LogP contribution in [0.1, 0.15) is 20.8 Å². The predicted molar refractivity (Wildman–Crippen MR) is 91.2 cm³/mol. The number of benzene rings is 1. The largest absolute Gasteiger partial charge is 0.494 e. The van der Waals surface area contributed by atoms with Gasteiger partial charge in [0, 0.05) is 0 Å². The zero-order chi connectivity index (χ0) is 18.4. The molecule has 10 heteroatoms. The molecule has 6 nitrogen and oxygen atoms in total. The van der Waals surface area contributed by atoms with Crippen molar-refractivity contribution >= 4 is 58.3 Å². The number of rotatable bonds is 3. The highest BCUT2D eigenvalue weighted by atomic mass is 35.5. The highest BCUT2D eigenvalue weighted by Crippen LogP contribution is 2.33. The summed E-state index contributed by atoms with van der Waals surface area (Å²) in [5.41, 5.74) is -0.337. The van der Waals surface area contributed by atoms with E-state index in [2.05, 4.69) is 4.98 Å². The molecule has 24 heavy (non-hydrogen) atoms. The van der Waals surface area contributed by atoms with Crippen molar-refractivity contribution in [2.75, 3.05) is 7.11 Å². The summed E-state index contributed by atoms with van der Waals surface area (Å²) in [4.78, 5) is 24.6. The van der Waals surface area contributed by atoms with Crippen LogP contribution in [0.4, 0.5) is 0 Å².